The SMILES string of the molecule is [C-]#[N+]C1=C[C@]2(C)C3=CC(=O)[C@@H]4[C@@H]5CC(C)(C)CC[C@]5(CP(=O)(OC)OC)CC[C@@]4(C)[C@]3(C)CC[C@H]2C(C)(C)C1=O. The van der Waals surface area contributed by atoms with E-state index >= 15 is 0 Å². The molecule has 0 aromatic rings. The molecule has 5 aliphatic rings. The van der Waals surface area contributed by atoms with Crippen molar-refractivity contribution in [1.29, 1.82) is 0 Å². The second-order valence-corrected chi connectivity index (χ2v) is 18.0. The van der Waals surface area contributed by atoms with Crippen molar-refractivity contribution in [1.82, 2.24) is 0 Å². The van der Waals surface area contributed by atoms with Crippen LogP contribution in [0.5, 0.6) is 0 Å². The number of carbonyl (C=O) groups excluding carboxylic acids is 2. The van der Waals surface area contributed by atoms with E-state index in [0.717, 1.165) is 50.5 Å². The van der Waals surface area contributed by atoms with E-state index in [9.17, 15) is 14.2 Å². The second kappa shape index (κ2) is 8.98. The Bertz CT molecular complexity index is 1300. The summed E-state index contributed by atoms with van der Waals surface area (Å²) in [6, 6.07) is 0. The third kappa shape index (κ3) is 3.83. The highest BCUT2D eigenvalue weighted by Gasteiger charge is 2.70. The third-order valence-corrected chi connectivity index (χ3v) is 15.2. The lowest BCUT2D eigenvalue weighted by Gasteiger charge is -2.69. The van der Waals surface area contributed by atoms with E-state index in [1.165, 1.54) is 14.2 Å². The molecule has 220 valence electrons. The van der Waals surface area contributed by atoms with Crippen LogP contribution in [0.15, 0.2) is 23.4 Å². The highest BCUT2D eigenvalue weighted by molar-refractivity contribution is 7.53. The van der Waals surface area contributed by atoms with Crippen LogP contribution in [0.2, 0.25) is 0 Å². The van der Waals surface area contributed by atoms with Gasteiger partial charge in [-0.3, -0.25) is 9.36 Å². The van der Waals surface area contributed by atoms with Gasteiger partial charge in [0.05, 0.1) is 12.7 Å². The molecule has 7 heteroatoms. The zero-order valence-corrected chi connectivity index (χ0v) is 26.9. The summed E-state index contributed by atoms with van der Waals surface area (Å²) in [7, 11) is -0.341. The molecule has 40 heavy (non-hydrogen) atoms. The van der Waals surface area contributed by atoms with Gasteiger partial charge in [0.2, 0.25) is 5.70 Å². The van der Waals surface area contributed by atoms with Crippen molar-refractivity contribution in [2.45, 2.75) is 93.4 Å². The summed E-state index contributed by atoms with van der Waals surface area (Å²) in [6.45, 7) is 23.2. The molecular weight excluding hydrogens is 521 g/mol. The standard InChI is InChI=1S/C33H48NO5P/c1-28(2)13-15-33(20-40(37,38-9)39-10)16-14-32(7)26(21(33)18-28)23(35)17-25-30(5)19-22(34-8)27(36)29(3,4)24(30)11-12-31(25,32)6/h17,19,21,24,26H,11-16,18,20H2,1-7,9-10H3/t21-,24-,26-,30-,31+,32+,33+/m0/s1. The second-order valence-electron chi connectivity index (χ2n) is 15.7. The Labute approximate surface area is 241 Å². The van der Waals surface area contributed by atoms with Gasteiger partial charge in [-0.05, 0) is 84.5 Å². The maximum absolute atomic E-state index is 14.6. The number of fused-ring (bicyclic) bond motifs is 7. The van der Waals surface area contributed by atoms with Crippen molar-refractivity contribution < 1.29 is 23.2 Å². The summed E-state index contributed by atoms with van der Waals surface area (Å²) < 4.78 is 24.5. The monoisotopic (exact) mass is 569 g/mol. The summed E-state index contributed by atoms with van der Waals surface area (Å²) in [5.74, 6) is 0.0315. The van der Waals surface area contributed by atoms with Crippen LogP contribution in [0.3, 0.4) is 0 Å². The molecule has 0 unspecified atom stereocenters. The normalized spacial score (nSPS) is 43.8. The summed E-state index contributed by atoms with van der Waals surface area (Å²) in [6.07, 6.45) is 10.6. The van der Waals surface area contributed by atoms with Crippen LogP contribution in [0.1, 0.15) is 93.4 Å². The molecule has 5 rings (SSSR count). The van der Waals surface area contributed by atoms with Crippen molar-refractivity contribution >= 4 is 19.2 Å². The van der Waals surface area contributed by atoms with E-state index in [-0.39, 0.29) is 56.7 Å². The third-order valence-electron chi connectivity index (χ3n) is 13.1. The molecule has 0 spiro atoms. The Morgan fingerprint density at radius 1 is 0.975 bits per heavy atom. The molecule has 3 saturated carbocycles. The molecule has 0 aromatic heterocycles. The molecule has 7 atom stereocenters. The first kappa shape index (κ1) is 29.9. The predicted molar refractivity (Wildman–Crippen MR) is 156 cm³/mol. The lowest BCUT2D eigenvalue weighted by atomic mass is 9.34. The van der Waals surface area contributed by atoms with E-state index in [0.29, 0.717) is 6.16 Å². The van der Waals surface area contributed by atoms with E-state index < -0.39 is 18.4 Å². The Balaban J connectivity index is 1.68. The number of carbonyl (C=O) groups is 2. The number of Topliss-reactive ketones (excluding diaryl/α,β-unsaturated/α-hetero) is 1. The van der Waals surface area contributed by atoms with Crippen LogP contribution >= 0.6 is 7.60 Å². The van der Waals surface area contributed by atoms with Gasteiger partial charge in [0, 0.05) is 31.0 Å². The molecule has 0 saturated heterocycles. The maximum atomic E-state index is 14.6. The van der Waals surface area contributed by atoms with Gasteiger partial charge < -0.3 is 13.8 Å². The van der Waals surface area contributed by atoms with Crippen molar-refractivity contribution in [3.63, 3.8) is 0 Å². The minimum atomic E-state index is -3.28. The topological polar surface area (TPSA) is 74.0 Å². The first-order valence-electron chi connectivity index (χ1n) is 15.0. The first-order valence-corrected chi connectivity index (χ1v) is 16.7. The van der Waals surface area contributed by atoms with E-state index in [4.69, 9.17) is 15.6 Å². The Hall–Kier alpha value is -1.54. The van der Waals surface area contributed by atoms with Crippen molar-refractivity contribution in [3.05, 3.63) is 34.8 Å². The zero-order valence-electron chi connectivity index (χ0n) is 26.0. The number of hydrogen-bond acceptors (Lipinski definition) is 5. The van der Waals surface area contributed by atoms with Crippen LogP contribution < -0.4 is 0 Å². The highest BCUT2D eigenvalue weighted by atomic mass is 31.2. The van der Waals surface area contributed by atoms with Gasteiger partial charge >= 0.3 is 7.60 Å². The lowest BCUT2D eigenvalue weighted by Crippen LogP contribution is -2.65. The van der Waals surface area contributed by atoms with Gasteiger partial charge in [-0.15, -0.1) is 0 Å². The number of allylic oxidation sites excluding steroid dienone is 4. The fraction of sp³-hybridized carbons (Fsp3) is 0.788. The Morgan fingerprint density at radius 2 is 1.60 bits per heavy atom. The van der Waals surface area contributed by atoms with Crippen LogP contribution in [-0.4, -0.2) is 31.9 Å². The highest BCUT2D eigenvalue weighted by Crippen LogP contribution is 2.75. The van der Waals surface area contributed by atoms with Gasteiger partial charge in [0.15, 0.2) is 11.6 Å². The number of nitrogens with zero attached hydrogens (tertiary/aromatic N) is 1. The van der Waals surface area contributed by atoms with E-state index in [2.05, 4.69) is 39.5 Å². The number of ketones is 2. The molecule has 0 heterocycles. The van der Waals surface area contributed by atoms with Gasteiger partial charge in [0.1, 0.15) is 0 Å². The van der Waals surface area contributed by atoms with Crippen LogP contribution in [0.4, 0.5) is 0 Å². The summed E-state index contributed by atoms with van der Waals surface area (Å²) in [5.41, 5.74) is -0.590. The molecule has 6 nitrogen and oxygen atoms in total. The van der Waals surface area contributed by atoms with Gasteiger partial charge in [0.25, 0.3) is 0 Å². The van der Waals surface area contributed by atoms with Crippen LogP contribution in [0, 0.1) is 56.8 Å². The van der Waals surface area contributed by atoms with Crippen molar-refractivity contribution in [2.75, 3.05) is 20.4 Å². The van der Waals surface area contributed by atoms with E-state index in [1.54, 1.807) is 0 Å². The minimum absolute atomic E-state index is 0.0378. The average Bonchev–Trinajstić information content (AvgIpc) is 2.88. The molecule has 5 aliphatic carbocycles. The molecular formula is C33H48NO5P. The molecule has 0 bridgehead atoms. The summed E-state index contributed by atoms with van der Waals surface area (Å²) in [5, 5.41) is 0. The minimum Gasteiger partial charge on any atom is -0.312 e. The van der Waals surface area contributed by atoms with Gasteiger partial charge in [-0.2, -0.15) is 0 Å². The number of rotatable bonds is 4. The molecule has 0 aliphatic heterocycles. The van der Waals surface area contributed by atoms with Crippen LogP contribution in [0.25, 0.3) is 4.85 Å². The fourth-order valence-electron chi connectivity index (χ4n) is 10.6. The molecule has 0 amide bonds. The molecule has 0 aromatic carbocycles. The summed E-state index contributed by atoms with van der Waals surface area (Å²) in [4.78, 5) is 31.5. The lowest BCUT2D eigenvalue weighted by molar-refractivity contribution is -0.168. The molecule has 0 radical (unpaired) electrons. The zero-order chi connectivity index (χ0) is 29.7. The smallest absolute Gasteiger partial charge is 0.312 e. The average molecular weight is 570 g/mol. The van der Waals surface area contributed by atoms with E-state index in [1.807, 2.05) is 26.0 Å². The first-order chi connectivity index (χ1) is 18.4. The van der Waals surface area contributed by atoms with Gasteiger partial charge in [-0.25, -0.2) is 4.85 Å². The van der Waals surface area contributed by atoms with Crippen molar-refractivity contribution in [3.8, 4) is 0 Å². The number of hydrogen-bond donors (Lipinski definition) is 0. The maximum Gasteiger partial charge on any atom is 0.330 e. The fourth-order valence-corrected chi connectivity index (χ4v) is 12.3. The molecule has 0 N–H and O–H groups in total. The summed E-state index contributed by atoms with van der Waals surface area (Å²) >= 11 is 0. The largest absolute Gasteiger partial charge is 0.330 e. The predicted octanol–water partition coefficient (Wildman–Crippen LogP) is 8.05. The van der Waals surface area contributed by atoms with Gasteiger partial charge in [-0.1, -0.05) is 60.1 Å². The quantitative estimate of drug-likeness (QED) is 0.253. The van der Waals surface area contributed by atoms with Crippen molar-refractivity contribution in [2.24, 2.45) is 50.2 Å². The van der Waals surface area contributed by atoms with Crippen LogP contribution in [-0.2, 0) is 23.2 Å². The Morgan fingerprint density at radius 3 is 2.20 bits per heavy atom. The molecule has 3 fully saturated rings. The Kier molecular flexibility index (Phi) is 6.72.